The van der Waals surface area contributed by atoms with Crippen LogP contribution in [0.5, 0.6) is 0 Å². The summed E-state index contributed by atoms with van der Waals surface area (Å²) in [5.41, 5.74) is 0.925. The molecule has 0 aliphatic carbocycles. The molecule has 4 heteroatoms. The third kappa shape index (κ3) is 3.77. The van der Waals surface area contributed by atoms with Crippen LogP contribution in [0, 0.1) is 12.8 Å². The maximum absolute atomic E-state index is 9.92. The lowest BCUT2D eigenvalue weighted by Gasteiger charge is -2.20. The molecular formula is C12H21N3O. The Kier molecular flexibility index (Phi) is 5.19. The minimum Gasteiger partial charge on any atom is -0.391 e. The van der Waals surface area contributed by atoms with E-state index < -0.39 is 0 Å². The molecule has 0 saturated carbocycles. The summed E-state index contributed by atoms with van der Waals surface area (Å²) in [6.07, 6.45) is 3.37. The minimum absolute atomic E-state index is 0.334. The third-order valence-corrected chi connectivity index (χ3v) is 2.86. The molecule has 0 spiro atoms. The van der Waals surface area contributed by atoms with Crippen molar-refractivity contribution in [2.45, 2.75) is 39.7 Å². The second-order valence-electron chi connectivity index (χ2n) is 4.05. The van der Waals surface area contributed by atoms with Crippen molar-refractivity contribution >= 4 is 5.95 Å². The van der Waals surface area contributed by atoms with E-state index in [4.69, 9.17) is 0 Å². The number of hydrogen-bond donors (Lipinski definition) is 2. The molecule has 0 radical (unpaired) electrons. The van der Waals surface area contributed by atoms with Crippen LogP contribution in [0.25, 0.3) is 0 Å². The molecule has 0 fully saturated rings. The van der Waals surface area contributed by atoms with E-state index in [1.165, 1.54) is 0 Å². The van der Waals surface area contributed by atoms with E-state index in [0.29, 0.717) is 18.4 Å². The number of aryl methyl sites for hydroxylation is 1. The molecule has 1 rings (SSSR count). The van der Waals surface area contributed by atoms with Crippen LogP contribution in [-0.2, 0) is 0 Å². The standard InChI is InChI=1S/C12H21N3O/c1-4-10(5-2)11(16)8-14-12-13-7-6-9(3)15-12/h6-7,10-11,16H,4-5,8H2,1-3H3,(H,13,14,15). The van der Waals surface area contributed by atoms with Crippen molar-refractivity contribution in [3.8, 4) is 0 Å². The van der Waals surface area contributed by atoms with Gasteiger partial charge in [0.05, 0.1) is 6.10 Å². The average Bonchev–Trinajstić information content (AvgIpc) is 2.28. The monoisotopic (exact) mass is 223 g/mol. The summed E-state index contributed by atoms with van der Waals surface area (Å²) >= 11 is 0. The van der Waals surface area contributed by atoms with E-state index in [-0.39, 0.29) is 6.10 Å². The Morgan fingerprint density at radius 2 is 2.06 bits per heavy atom. The number of nitrogens with one attached hydrogen (secondary N) is 1. The molecule has 1 unspecified atom stereocenters. The maximum Gasteiger partial charge on any atom is 0.222 e. The first-order valence-electron chi connectivity index (χ1n) is 5.89. The lowest BCUT2D eigenvalue weighted by atomic mass is 9.97. The van der Waals surface area contributed by atoms with Gasteiger partial charge in [-0.2, -0.15) is 0 Å². The number of hydrogen-bond acceptors (Lipinski definition) is 4. The van der Waals surface area contributed by atoms with Crippen molar-refractivity contribution in [3.05, 3.63) is 18.0 Å². The van der Waals surface area contributed by atoms with Crippen molar-refractivity contribution in [2.75, 3.05) is 11.9 Å². The molecule has 0 amide bonds. The lowest BCUT2D eigenvalue weighted by Crippen LogP contribution is -2.28. The fraction of sp³-hybridized carbons (Fsp3) is 0.667. The second-order valence-corrected chi connectivity index (χ2v) is 4.05. The molecule has 1 atom stereocenters. The van der Waals surface area contributed by atoms with Gasteiger partial charge in [0.25, 0.3) is 0 Å². The number of anilines is 1. The highest BCUT2D eigenvalue weighted by Crippen LogP contribution is 2.13. The quantitative estimate of drug-likeness (QED) is 0.774. The van der Waals surface area contributed by atoms with Crippen molar-refractivity contribution in [1.82, 2.24) is 9.97 Å². The van der Waals surface area contributed by atoms with Gasteiger partial charge in [0.15, 0.2) is 0 Å². The maximum atomic E-state index is 9.92. The van der Waals surface area contributed by atoms with E-state index in [1.54, 1.807) is 6.20 Å². The van der Waals surface area contributed by atoms with Crippen molar-refractivity contribution in [2.24, 2.45) is 5.92 Å². The van der Waals surface area contributed by atoms with Gasteiger partial charge in [-0.25, -0.2) is 9.97 Å². The van der Waals surface area contributed by atoms with Gasteiger partial charge < -0.3 is 10.4 Å². The minimum atomic E-state index is -0.334. The van der Waals surface area contributed by atoms with Crippen LogP contribution < -0.4 is 5.32 Å². The topological polar surface area (TPSA) is 58.0 Å². The van der Waals surface area contributed by atoms with Crippen LogP contribution in [-0.4, -0.2) is 27.7 Å². The van der Waals surface area contributed by atoms with Gasteiger partial charge in [-0.3, -0.25) is 0 Å². The van der Waals surface area contributed by atoms with E-state index in [1.807, 2.05) is 13.0 Å². The van der Waals surface area contributed by atoms with Crippen molar-refractivity contribution in [1.29, 1.82) is 0 Å². The summed E-state index contributed by atoms with van der Waals surface area (Å²) in [7, 11) is 0. The van der Waals surface area contributed by atoms with Gasteiger partial charge >= 0.3 is 0 Å². The highest BCUT2D eigenvalue weighted by molar-refractivity contribution is 5.24. The zero-order chi connectivity index (χ0) is 12.0. The molecule has 2 N–H and O–H groups in total. The predicted octanol–water partition coefficient (Wildman–Crippen LogP) is 1.99. The zero-order valence-electron chi connectivity index (χ0n) is 10.3. The molecule has 90 valence electrons. The summed E-state index contributed by atoms with van der Waals surface area (Å²) in [6.45, 7) is 6.63. The van der Waals surface area contributed by atoms with Crippen LogP contribution in [0.3, 0.4) is 0 Å². The van der Waals surface area contributed by atoms with E-state index in [9.17, 15) is 5.11 Å². The summed E-state index contributed by atoms with van der Waals surface area (Å²) in [4.78, 5) is 8.31. The fourth-order valence-corrected chi connectivity index (χ4v) is 1.73. The van der Waals surface area contributed by atoms with Crippen LogP contribution in [0.1, 0.15) is 32.4 Å². The number of nitrogens with zero attached hydrogens (tertiary/aromatic N) is 2. The average molecular weight is 223 g/mol. The van der Waals surface area contributed by atoms with Crippen molar-refractivity contribution < 1.29 is 5.11 Å². The second kappa shape index (κ2) is 6.43. The first kappa shape index (κ1) is 12.9. The van der Waals surface area contributed by atoms with E-state index in [2.05, 4.69) is 29.1 Å². The molecule has 1 heterocycles. The van der Waals surface area contributed by atoms with Gasteiger partial charge in [0.2, 0.25) is 5.95 Å². The number of rotatable bonds is 6. The van der Waals surface area contributed by atoms with Gasteiger partial charge in [-0.1, -0.05) is 26.7 Å². The summed E-state index contributed by atoms with van der Waals surface area (Å²) in [5, 5.41) is 13.0. The summed E-state index contributed by atoms with van der Waals surface area (Å²) in [6, 6.07) is 1.85. The molecule has 0 aromatic carbocycles. The number of aliphatic hydroxyl groups is 1. The Balaban J connectivity index is 2.45. The van der Waals surface area contributed by atoms with Crippen LogP contribution in [0.15, 0.2) is 12.3 Å². The summed E-state index contributed by atoms with van der Waals surface area (Å²) in [5.74, 6) is 0.933. The lowest BCUT2D eigenvalue weighted by molar-refractivity contribution is 0.114. The van der Waals surface area contributed by atoms with Crippen LogP contribution in [0.4, 0.5) is 5.95 Å². The Hall–Kier alpha value is -1.16. The molecular weight excluding hydrogens is 202 g/mol. The highest BCUT2D eigenvalue weighted by atomic mass is 16.3. The molecule has 1 aromatic heterocycles. The Labute approximate surface area is 97.1 Å². The Morgan fingerprint density at radius 1 is 1.38 bits per heavy atom. The largest absolute Gasteiger partial charge is 0.391 e. The highest BCUT2D eigenvalue weighted by Gasteiger charge is 2.15. The SMILES string of the molecule is CCC(CC)C(O)CNc1nccc(C)n1. The Morgan fingerprint density at radius 3 is 2.62 bits per heavy atom. The summed E-state index contributed by atoms with van der Waals surface area (Å²) < 4.78 is 0. The molecule has 0 saturated heterocycles. The third-order valence-electron chi connectivity index (χ3n) is 2.86. The van der Waals surface area contributed by atoms with E-state index >= 15 is 0 Å². The molecule has 1 aromatic rings. The Bertz CT molecular complexity index is 313. The van der Waals surface area contributed by atoms with Gasteiger partial charge in [-0.05, 0) is 18.9 Å². The predicted molar refractivity (Wildman–Crippen MR) is 65.3 cm³/mol. The van der Waals surface area contributed by atoms with Crippen LogP contribution in [0.2, 0.25) is 0 Å². The molecule has 0 bridgehead atoms. The number of aliphatic hydroxyl groups excluding tert-OH is 1. The zero-order valence-corrected chi connectivity index (χ0v) is 10.3. The van der Waals surface area contributed by atoms with Crippen LogP contribution >= 0.6 is 0 Å². The van der Waals surface area contributed by atoms with Crippen molar-refractivity contribution in [3.63, 3.8) is 0 Å². The number of aromatic nitrogens is 2. The molecule has 0 aliphatic heterocycles. The van der Waals surface area contributed by atoms with Gasteiger partial charge in [0.1, 0.15) is 0 Å². The fourth-order valence-electron chi connectivity index (χ4n) is 1.73. The molecule has 4 nitrogen and oxygen atoms in total. The smallest absolute Gasteiger partial charge is 0.222 e. The van der Waals surface area contributed by atoms with Gasteiger partial charge in [0, 0.05) is 18.4 Å². The normalized spacial score (nSPS) is 12.8. The first-order valence-corrected chi connectivity index (χ1v) is 5.89. The first-order chi connectivity index (χ1) is 7.67. The van der Waals surface area contributed by atoms with E-state index in [0.717, 1.165) is 18.5 Å². The molecule has 16 heavy (non-hydrogen) atoms. The molecule has 0 aliphatic rings. The van der Waals surface area contributed by atoms with Gasteiger partial charge in [-0.15, -0.1) is 0 Å².